The Morgan fingerprint density at radius 2 is 1.94 bits per heavy atom. The van der Waals surface area contributed by atoms with E-state index in [9.17, 15) is 4.79 Å². The Balaban J connectivity index is 1.30. The average molecular weight is 467 g/mol. The minimum Gasteiger partial charge on any atom is -0.486 e. The number of rotatable bonds is 9. The molecular formula is C24H22N2O2S3. The third kappa shape index (κ3) is 6.43. The molecule has 0 unspecified atom stereocenters. The molecule has 0 saturated carbocycles. The van der Waals surface area contributed by atoms with Gasteiger partial charge in [0.1, 0.15) is 17.4 Å². The van der Waals surface area contributed by atoms with E-state index in [1.165, 1.54) is 22.5 Å². The van der Waals surface area contributed by atoms with Gasteiger partial charge in [-0.25, -0.2) is 4.98 Å². The summed E-state index contributed by atoms with van der Waals surface area (Å²) in [6.07, 6.45) is 0.241. The van der Waals surface area contributed by atoms with Crippen LogP contribution in [-0.4, -0.2) is 10.9 Å². The van der Waals surface area contributed by atoms with Crippen LogP contribution in [0.15, 0.2) is 75.6 Å². The second kappa shape index (κ2) is 10.6. The Hall–Kier alpha value is -2.61. The molecule has 4 rings (SSSR count). The van der Waals surface area contributed by atoms with Gasteiger partial charge in [-0.3, -0.25) is 4.79 Å². The summed E-state index contributed by atoms with van der Waals surface area (Å²) in [5.74, 6) is 1.63. The Morgan fingerprint density at radius 1 is 1.10 bits per heavy atom. The van der Waals surface area contributed by atoms with Gasteiger partial charge in [-0.2, -0.15) is 11.3 Å². The first kappa shape index (κ1) is 21.6. The summed E-state index contributed by atoms with van der Waals surface area (Å²) >= 11 is 4.93. The molecule has 158 valence electrons. The maximum Gasteiger partial charge on any atom is 0.230 e. The molecule has 4 nitrogen and oxygen atoms in total. The van der Waals surface area contributed by atoms with Gasteiger partial charge in [0.25, 0.3) is 0 Å². The number of thiophene rings is 1. The van der Waals surface area contributed by atoms with Crippen molar-refractivity contribution in [2.24, 2.45) is 0 Å². The number of nitrogens with one attached hydrogen (secondary N) is 1. The van der Waals surface area contributed by atoms with Gasteiger partial charge < -0.3 is 10.1 Å². The van der Waals surface area contributed by atoms with Crippen LogP contribution in [0.25, 0.3) is 0 Å². The van der Waals surface area contributed by atoms with Crippen molar-refractivity contribution in [1.82, 2.24) is 4.98 Å². The summed E-state index contributed by atoms with van der Waals surface area (Å²) in [5.41, 5.74) is 4.08. The first-order valence-electron chi connectivity index (χ1n) is 9.81. The minimum atomic E-state index is -0.0695. The number of benzene rings is 2. The molecule has 0 fully saturated rings. The highest BCUT2D eigenvalue weighted by molar-refractivity contribution is 7.98. The van der Waals surface area contributed by atoms with Gasteiger partial charge in [0.05, 0.1) is 17.8 Å². The lowest BCUT2D eigenvalue weighted by Crippen LogP contribution is -2.15. The SMILES string of the molecule is Cc1ccc(OCc2nc(CC(=O)Nc3ccccc3SCc3ccsc3)cs2)cc1. The number of hydrogen-bond donors (Lipinski definition) is 1. The van der Waals surface area contributed by atoms with E-state index in [2.05, 4.69) is 27.1 Å². The Labute approximate surface area is 194 Å². The number of thiazole rings is 1. The fourth-order valence-electron chi connectivity index (χ4n) is 2.87. The molecule has 0 spiro atoms. The predicted molar refractivity (Wildman–Crippen MR) is 130 cm³/mol. The molecule has 31 heavy (non-hydrogen) atoms. The van der Waals surface area contributed by atoms with E-state index in [1.807, 2.05) is 60.8 Å². The van der Waals surface area contributed by atoms with Crippen LogP contribution < -0.4 is 10.1 Å². The highest BCUT2D eigenvalue weighted by Crippen LogP contribution is 2.30. The molecule has 0 aliphatic heterocycles. The lowest BCUT2D eigenvalue weighted by atomic mass is 10.2. The number of aromatic nitrogens is 1. The number of ether oxygens (including phenoxy) is 1. The molecule has 1 amide bonds. The maximum absolute atomic E-state index is 12.6. The van der Waals surface area contributed by atoms with Crippen LogP contribution in [0.3, 0.4) is 0 Å². The number of hydrogen-bond acceptors (Lipinski definition) is 6. The quantitative estimate of drug-likeness (QED) is 0.284. The topological polar surface area (TPSA) is 51.2 Å². The number of carbonyl (C=O) groups excluding carboxylic acids is 1. The fraction of sp³-hybridized carbons (Fsp3) is 0.167. The molecule has 2 heterocycles. The third-order valence-corrected chi connectivity index (χ3v) is 7.21. The van der Waals surface area contributed by atoms with E-state index in [0.29, 0.717) is 6.61 Å². The molecule has 1 N–H and O–H groups in total. The van der Waals surface area contributed by atoms with Crippen molar-refractivity contribution in [1.29, 1.82) is 0 Å². The van der Waals surface area contributed by atoms with Crippen LogP contribution >= 0.6 is 34.4 Å². The summed E-state index contributed by atoms with van der Waals surface area (Å²) in [5, 5.41) is 10.0. The summed E-state index contributed by atoms with van der Waals surface area (Å²) in [6, 6.07) is 18.0. The molecule has 2 aromatic carbocycles. The van der Waals surface area contributed by atoms with Gasteiger partial charge in [0.2, 0.25) is 5.91 Å². The van der Waals surface area contributed by atoms with E-state index in [0.717, 1.165) is 32.8 Å². The van der Waals surface area contributed by atoms with Crippen molar-refractivity contribution in [3.05, 3.63) is 92.6 Å². The van der Waals surface area contributed by atoms with Crippen LogP contribution in [-0.2, 0) is 23.6 Å². The van der Waals surface area contributed by atoms with E-state index in [1.54, 1.807) is 23.1 Å². The van der Waals surface area contributed by atoms with Crippen molar-refractivity contribution >= 4 is 46.0 Å². The van der Waals surface area contributed by atoms with Crippen molar-refractivity contribution in [3.63, 3.8) is 0 Å². The van der Waals surface area contributed by atoms with E-state index < -0.39 is 0 Å². The molecular weight excluding hydrogens is 444 g/mol. The summed E-state index contributed by atoms with van der Waals surface area (Å²) < 4.78 is 5.78. The van der Waals surface area contributed by atoms with Gasteiger partial charge in [-0.05, 0) is 53.6 Å². The standard InChI is InChI=1S/C24H22N2O2S3/c1-17-6-8-20(9-7-17)28-13-24-25-19(16-31-24)12-23(27)26-21-4-2-3-5-22(21)30-15-18-10-11-29-14-18/h2-11,14,16H,12-13,15H2,1H3,(H,26,27). The summed E-state index contributed by atoms with van der Waals surface area (Å²) in [7, 11) is 0. The van der Waals surface area contributed by atoms with Crippen molar-refractivity contribution in [2.45, 2.75) is 30.6 Å². The largest absolute Gasteiger partial charge is 0.486 e. The number of aryl methyl sites for hydroxylation is 1. The van der Waals surface area contributed by atoms with Gasteiger partial charge in [0, 0.05) is 16.0 Å². The van der Waals surface area contributed by atoms with Crippen LogP contribution in [0.1, 0.15) is 21.8 Å². The molecule has 4 aromatic rings. The molecule has 0 radical (unpaired) electrons. The number of anilines is 1. The lowest BCUT2D eigenvalue weighted by molar-refractivity contribution is -0.115. The molecule has 7 heteroatoms. The van der Waals surface area contributed by atoms with Gasteiger partial charge >= 0.3 is 0 Å². The zero-order valence-electron chi connectivity index (χ0n) is 17.0. The molecule has 0 atom stereocenters. The highest BCUT2D eigenvalue weighted by atomic mass is 32.2. The third-order valence-electron chi connectivity index (χ3n) is 4.46. The zero-order chi connectivity index (χ0) is 21.5. The van der Waals surface area contributed by atoms with Crippen molar-refractivity contribution in [2.75, 3.05) is 5.32 Å². The zero-order valence-corrected chi connectivity index (χ0v) is 19.5. The molecule has 0 bridgehead atoms. The second-order valence-corrected chi connectivity index (χ2v) is 9.72. The first-order valence-corrected chi connectivity index (χ1v) is 12.6. The number of para-hydroxylation sites is 1. The van der Waals surface area contributed by atoms with Gasteiger partial charge in [-0.15, -0.1) is 23.1 Å². The maximum atomic E-state index is 12.6. The smallest absolute Gasteiger partial charge is 0.230 e. The van der Waals surface area contributed by atoms with Gasteiger partial charge in [-0.1, -0.05) is 29.8 Å². The van der Waals surface area contributed by atoms with Crippen molar-refractivity contribution in [3.8, 4) is 5.75 Å². The summed E-state index contributed by atoms with van der Waals surface area (Å²) in [6.45, 7) is 2.44. The van der Waals surface area contributed by atoms with E-state index in [4.69, 9.17) is 4.74 Å². The van der Waals surface area contributed by atoms with Crippen LogP contribution in [0.5, 0.6) is 5.75 Å². The molecule has 2 aromatic heterocycles. The first-order chi connectivity index (χ1) is 15.2. The van der Waals surface area contributed by atoms with E-state index in [-0.39, 0.29) is 12.3 Å². The predicted octanol–water partition coefficient (Wildman–Crippen LogP) is 6.57. The Bertz CT molecular complexity index is 1120. The summed E-state index contributed by atoms with van der Waals surface area (Å²) in [4.78, 5) is 18.2. The molecule has 0 aliphatic carbocycles. The number of carbonyl (C=O) groups is 1. The average Bonchev–Trinajstić information content (AvgIpc) is 3.45. The normalized spacial score (nSPS) is 10.7. The van der Waals surface area contributed by atoms with Crippen molar-refractivity contribution < 1.29 is 9.53 Å². The van der Waals surface area contributed by atoms with Crippen LogP contribution in [0.2, 0.25) is 0 Å². The molecule has 0 aliphatic rings. The lowest BCUT2D eigenvalue weighted by Gasteiger charge is -2.10. The second-order valence-electron chi connectivity index (χ2n) is 6.98. The van der Waals surface area contributed by atoms with E-state index >= 15 is 0 Å². The number of amides is 1. The van der Waals surface area contributed by atoms with Crippen LogP contribution in [0.4, 0.5) is 5.69 Å². The van der Waals surface area contributed by atoms with Crippen LogP contribution in [0, 0.1) is 6.92 Å². The number of thioether (sulfide) groups is 1. The fourth-order valence-corrected chi connectivity index (χ4v) is 5.30. The minimum absolute atomic E-state index is 0.0695. The van der Waals surface area contributed by atoms with Gasteiger partial charge in [0.15, 0.2) is 0 Å². The monoisotopic (exact) mass is 466 g/mol. The highest BCUT2D eigenvalue weighted by Gasteiger charge is 2.11. The Kier molecular flexibility index (Phi) is 7.40. The number of nitrogens with zero attached hydrogens (tertiary/aromatic N) is 1. The molecule has 0 saturated heterocycles. The Morgan fingerprint density at radius 3 is 2.74 bits per heavy atom.